The molecule has 2 aliphatic carbocycles. The molecule has 19 heavy (non-hydrogen) atoms. The molecule has 0 unspecified atom stereocenters. The summed E-state index contributed by atoms with van der Waals surface area (Å²) in [5.41, 5.74) is 0. The SMILES string of the molecule is Fc1c(OC/C=C/C2CC2)ccc(OC2CC2)c1F. The molecule has 2 aliphatic rings. The predicted octanol–water partition coefficient (Wildman–Crippen LogP) is 3.85. The second-order valence-corrected chi connectivity index (χ2v) is 5.08. The molecule has 0 bridgehead atoms. The predicted molar refractivity (Wildman–Crippen MR) is 67.4 cm³/mol. The van der Waals surface area contributed by atoms with E-state index in [4.69, 9.17) is 9.47 Å². The van der Waals surface area contributed by atoms with Gasteiger partial charge in [0.25, 0.3) is 0 Å². The van der Waals surface area contributed by atoms with Crippen LogP contribution in [0.4, 0.5) is 8.78 Å². The van der Waals surface area contributed by atoms with Crippen LogP contribution < -0.4 is 9.47 Å². The Labute approximate surface area is 111 Å². The Balaban J connectivity index is 1.61. The summed E-state index contributed by atoms with van der Waals surface area (Å²) in [4.78, 5) is 0. The van der Waals surface area contributed by atoms with Crippen molar-refractivity contribution >= 4 is 0 Å². The lowest BCUT2D eigenvalue weighted by molar-refractivity contribution is 0.275. The molecular weight excluding hydrogens is 250 g/mol. The molecule has 2 nitrogen and oxygen atoms in total. The molecule has 3 rings (SSSR count). The maximum atomic E-state index is 13.7. The van der Waals surface area contributed by atoms with Crippen molar-refractivity contribution in [2.45, 2.75) is 31.8 Å². The van der Waals surface area contributed by atoms with Crippen molar-refractivity contribution in [2.75, 3.05) is 6.61 Å². The maximum absolute atomic E-state index is 13.7. The molecular formula is C15H16F2O2. The lowest BCUT2D eigenvalue weighted by Gasteiger charge is -2.09. The van der Waals surface area contributed by atoms with Gasteiger partial charge in [-0.2, -0.15) is 8.78 Å². The number of hydrogen-bond donors (Lipinski definition) is 0. The van der Waals surface area contributed by atoms with Crippen molar-refractivity contribution in [2.24, 2.45) is 5.92 Å². The Kier molecular flexibility index (Phi) is 3.40. The van der Waals surface area contributed by atoms with Gasteiger partial charge in [-0.05, 0) is 43.7 Å². The summed E-state index contributed by atoms with van der Waals surface area (Å²) in [5.74, 6) is -1.38. The van der Waals surface area contributed by atoms with Gasteiger partial charge in [0.2, 0.25) is 11.6 Å². The lowest BCUT2D eigenvalue weighted by atomic mass is 10.3. The van der Waals surface area contributed by atoms with Crippen LogP contribution in [0.3, 0.4) is 0 Å². The summed E-state index contributed by atoms with van der Waals surface area (Å²) in [6.45, 7) is 0.260. The minimum Gasteiger partial charge on any atom is -0.487 e. The molecule has 0 N–H and O–H groups in total. The highest BCUT2D eigenvalue weighted by Gasteiger charge is 2.26. The van der Waals surface area contributed by atoms with Gasteiger partial charge in [0.05, 0.1) is 6.10 Å². The Morgan fingerprint density at radius 2 is 1.74 bits per heavy atom. The zero-order valence-corrected chi connectivity index (χ0v) is 10.6. The van der Waals surface area contributed by atoms with Crippen LogP contribution in [-0.4, -0.2) is 12.7 Å². The van der Waals surface area contributed by atoms with Crippen LogP contribution in [0.5, 0.6) is 11.5 Å². The molecule has 0 saturated heterocycles. The molecule has 0 amide bonds. The van der Waals surface area contributed by atoms with E-state index in [0.29, 0.717) is 5.92 Å². The lowest BCUT2D eigenvalue weighted by Crippen LogP contribution is -2.03. The van der Waals surface area contributed by atoms with E-state index >= 15 is 0 Å². The molecule has 1 aromatic carbocycles. The summed E-state index contributed by atoms with van der Waals surface area (Å²) in [5, 5.41) is 0. The normalized spacial score (nSPS) is 18.8. The van der Waals surface area contributed by atoms with Gasteiger partial charge in [-0.25, -0.2) is 0 Å². The molecule has 0 radical (unpaired) electrons. The standard InChI is InChI=1S/C15H16F2O2/c16-14-12(18-9-1-2-10-3-4-10)7-8-13(15(14)17)19-11-5-6-11/h1-2,7-8,10-11H,3-6,9H2/b2-1+. The Morgan fingerprint density at radius 1 is 1.05 bits per heavy atom. The van der Waals surface area contributed by atoms with Crippen molar-refractivity contribution < 1.29 is 18.3 Å². The zero-order valence-electron chi connectivity index (χ0n) is 10.6. The molecule has 102 valence electrons. The van der Waals surface area contributed by atoms with Crippen LogP contribution >= 0.6 is 0 Å². The summed E-state index contributed by atoms with van der Waals surface area (Å²) >= 11 is 0. The van der Waals surface area contributed by atoms with E-state index in [0.717, 1.165) is 12.8 Å². The highest BCUT2D eigenvalue weighted by Crippen LogP contribution is 2.33. The van der Waals surface area contributed by atoms with Gasteiger partial charge in [-0.3, -0.25) is 0 Å². The van der Waals surface area contributed by atoms with Gasteiger partial charge in [0.15, 0.2) is 11.5 Å². The Morgan fingerprint density at radius 3 is 2.42 bits per heavy atom. The third kappa shape index (κ3) is 3.25. The van der Waals surface area contributed by atoms with Gasteiger partial charge < -0.3 is 9.47 Å². The molecule has 4 heteroatoms. The maximum Gasteiger partial charge on any atom is 0.204 e. The number of benzene rings is 1. The van der Waals surface area contributed by atoms with Gasteiger partial charge in [0, 0.05) is 0 Å². The number of halogens is 2. The van der Waals surface area contributed by atoms with Gasteiger partial charge in [-0.1, -0.05) is 12.2 Å². The monoisotopic (exact) mass is 266 g/mol. The van der Waals surface area contributed by atoms with Crippen LogP contribution in [0.1, 0.15) is 25.7 Å². The smallest absolute Gasteiger partial charge is 0.204 e. The molecule has 2 fully saturated rings. The number of hydrogen-bond acceptors (Lipinski definition) is 2. The third-order valence-corrected chi connectivity index (χ3v) is 3.19. The summed E-state index contributed by atoms with van der Waals surface area (Å²) in [7, 11) is 0. The highest BCUT2D eigenvalue weighted by molar-refractivity contribution is 5.35. The average Bonchev–Trinajstić information content (AvgIpc) is 3.27. The molecule has 0 heterocycles. The van der Waals surface area contributed by atoms with E-state index in [2.05, 4.69) is 6.08 Å². The summed E-state index contributed by atoms with van der Waals surface area (Å²) in [6, 6.07) is 2.85. The summed E-state index contributed by atoms with van der Waals surface area (Å²) in [6.07, 6.45) is 8.19. The van der Waals surface area contributed by atoms with Crippen molar-refractivity contribution in [1.29, 1.82) is 0 Å². The fourth-order valence-corrected chi connectivity index (χ4v) is 1.76. The molecule has 0 atom stereocenters. The Hall–Kier alpha value is -1.58. The molecule has 0 spiro atoms. The average molecular weight is 266 g/mol. The quantitative estimate of drug-likeness (QED) is 0.728. The number of allylic oxidation sites excluding steroid dienone is 1. The largest absolute Gasteiger partial charge is 0.487 e. The highest BCUT2D eigenvalue weighted by atomic mass is 19.2. The van der Waals surface area contributed by atoms with Crippen LogP contribution in [-0.2, 0) is 0 Å². The first kappa shape index (κ1) is 12.5. The zero-order chi connectivity index (χ0) is 13.2. The third-order valence-electron chi connectivity index (χ3n) is 3.19. The number of rotatable bonds is 6. The minimum absolute atomic E-state index is 0.0270. The van der Waals surface area contributed by atoms with Crippen molar-refractivity contribution in [1.82, 2.24) is 0 Å². The van der Waals surface area contributed by atoms with Gasteiger partial charge in [-0.15, -0.1) is 0 Å². The van der Waals surface area contributed by atoms with E-state index in [1.54, 1.807) is 0 Å². The van der Waals surface area contributed by atoms with Crippen LogP contribution in [0.2, 0.25) is 0 Å². The van der Waals surface area contributed by atoms with Crippen molar-refractivity contribution in [3.8, 4) is 11.5 Å². The fourth-order valence-electron chi connectivity index (χ4n) is 1.76. The van der Waals surface area contributed by atoms with Gasteiger partial charge in [0.1, 0.15) is 6.61 Å². The second kappa shape index (κ2) is 5.19. The first-order chi connectivity index (χ1) is 9.24. The van der Waals surface area contributed by atoms with Crippen LogP contribution in [0.25, 0.3) is 0 Å². The summed E-state index contributed by atoms with van der Waals surface area (Å²) < 4.78 is 37.9. The Bertz CT molecular complexity index is 491. The van der Waals surface area contributed by atoms with Crippen LogP contribution in [0.15, 0.2) is 24.3 Å². The van der Waals surface area contributed by atoms with E-state index < -0.39 is 11.6 Å². The van der Waals surface area contributed by atoms with E-state index in [-0.39, 0.29) is 24.2 Å². The molecule has 0 aliphatic heterocycles. The minimum atomic E-state index is -0.974. The van der Waals surface area contributed by atoms with Crippen molar-refractivity contribution in [3.05, 3.63) is 35.9 Å². The van der Waals surface area contributed by atoms with Crippen LogP contribution in [0, 0.1) is 17.6 Å². The van der Waals surface area contributed by atoms with Crippen molar-refractivity contribution in [3.63, 3.8) is 0 Å². The topological polar surface area (TPSA) is 18.5 Å². The first-order valence-corrected chi connectivity index (χ1v) is 6.68. The molecule has 1 aromatic rings. The molecule has 2 saturated carbocycles. The van der Waals surface area contributed by atoms with E-state index in [9.17, 15) is 8.78 Å². The van der Waals surface area contributed by atoms with Gasteiger partial charge >= 0.3 is 0 Å². The second-order valence-electron chi connectivity index (χ2n) is 5.08. The number of ether oxygens (including phenoxy) is 2. The fraction of sp³-hybridized carbons (Fsp3) is 0.467. The molecule has 0 aromatic heterocycles. The van der Waals surface area contributed by atoms with E-state index in [1.807, 2.05) is 6.08 Å². The first-order valence-electron chi connectivity index (χ1n) is 6.68. The van der Waals surface area contributed by atoms with E-state index in [1.165, 1.54) is 25.0 Å².